The fourth-order valence-corrected chi connectivity index (χ4v) is 5.05. The zero-order chi connectivity index (χ0) is 24.9. The van der Waals surface area contributed by atoms with E-state index in [1.165, 1.54) is 13.1 Å². The summed E-state index contributed by atoms with van der Waals surface area (Å²) in [5.41, 5.74) is 0.0542. The van der Waals surface area contributed by atoms with Crippen molar-refractivity contribution in [1.82, 2.24) is 4.57 Å². The van der Waals surface area contributed by atoms with Gasteiger partial charge in [-0.05, 0) is 37.5 Å². The Morgan fingerprint density at radius 3 is 2.66 bits per heavy atom. The Morgan fingerprint density at radius 1 is 1.23 bits per heavy atom. The average molecular weight is 500 g/mol. The number of carbonyl (C=O) groups excluding carboxylic acids is 1. The molecule has 1 unspecified atom stereocenters. The number of carboxylic acids is 1. The normalized spacial score (nSPS) is 17.6. The van der Waals surface area contributed by atoms with Crippen molar-refractivity contribution in [1.29, 1.82) is 0 Å². The molecule has 1 saturated carbocycles. The summed E-state index contributed by atoms with van der Waals surface area (Å²) in [5, 5.41) is 12.9. The Morgan fingerprint density at radius 2 is 1.97 bits per heavy atom. The number of anilines is 2. The molecule has 0 amide bonds. The second-order valence-corrected chi connectivity index (χ2v) is 9.28. The number of rotatable bonds is 6. The van der Waals surface area contributed by atoms with E-state index in [1.54, 1.807) is 22.8 Å². The summed E-state index contributed by atoms with van der Waals surface area (Å²) in [4.78, 5) is 37.6. The molecule has 2 fully saturated rings. The van der Waals surface area contributed by atoms with Crippen molar-refractivity contribution in [3.8, 4) is 5.75 Å². The van der Waals surface area contributed by atoms with Gasteiger partial charge in [0.1, 0.15) is 11.4 Å². The Kier molecular flexibility index (Phi) is 5.88. The van der Waals surface area contributed by atoms with Gasteiger partial charge in [-0.2, -0.15) is 0 Å². The summed E-state index contributed by atoms with van der Waals surface area (Å²) >= 11 is 6.73. The second kappa shape index (κ2) is 8.88. The molecular formula is C25H23ClFN3O5. The zero-order valence-corrected chi connectivity index (χ0v) is 19.6. The van der Waals surface area contributed by atoms with Crippen LogP contribution >= 0.6 is 11.6 Å². The Hall–Kier alpha value is -3.59. The van der Waals surface area contributed by atoms with E-state index >= 15 is 4.39 Å². The molecule has 1 aliphatic carbocycles. The third kappa shape index (κ3) is 4.32. The van der Waals surface area contributed by atoms with Crippen molar-refractivity contribution in [2.45, 2.75) is 38.3 Å². The Bertz CT molecular complexity index is 1420. The van der Waals surface area contributed by atoms with Crippen LogP contribution in [0, 0.1) is 5.82 Å². The lowest BCUT2D eigenvalue weighted by atomic mass is 10.1. The average Bonchev–Trinajstić information content (AvgIpc) is 3.54. The van der Waals surface area contributed by atoms with Crippen LogP contribution in [0.2, 0.25) is 5.02 Å². The van der Waals surface area contributed by atoms with E-state index in [-0.39, 0.29) is 28.2 Å². The number of esters is 1. The number of nitrogens with zero attached hydrogens (tertiary/aromatic N) is 2. The van der Waals surface area contributed by atoms with Crippen molar-refractivity contribution in [2.24, 2.45) is 0 Å². The van der Waals surface area contributed by atoms with Gasteiger partial charge in [-0.25, -0.2) is 9.18 Å². The molecule has 0 radical (unpaired) electrons. The topological polar surface area (TPSA) is 101 Å². The number of halogens is 2. The summed E-state index contributed by atoms with van der Waals surface area (Å²) in [6.45, 7) is 2.27. The molecule has 8 nitrogen and oxygen atoms in total. The highest BCUT2D eigenvalue weighted by Gasteiger charge is 2.32. The van der Waals surface area contributed by atoms with Gasteiger partial charge >= 0.3 is 11.9 Å². The number of hydrogen-bond donors (Lipinski definition) is 2. The quantitative estimate of drug-likeness (QED) is 0.382. The van der Waals surface area contributed by atoms with Crippen molar-refractivity contribution in [2.75, 3.05) is 23.3 Å². The molecule has 2 aromatic carbocycles. The SMILES string of the molecule is CC(=O)Oc1ccccc1NC1CCN(c2c(F)cc3c(=O)c(C(=O)O)cn(C4CC4)c3c2Cl)C1. The molecule has 35 heavy (non-hydrogen) atoms. The third-order valence-corrected chi connectivity index (χ3v) is 6.72. The number of nitrogens with one attached hydrogen (secondary N) is 1. The minimum absolute atomic E-state index is 0.0257. The molecule has 0 spiro atoms. The molecule has 2 N–H and O–H groups in total. The predicted molar refractivity (Wildman–Crippen MR) is 130 cm³/mol. The number of aromatic carboxylic acids is 1. The molecule has 0 bridgehead atoms. The van der Waals surface area contributed by atoms with Gasteiger partial charge < -0.3 is 24.6 Å². The maximum absolute atomic E-state index is 15.4. The first-order chi connectivity index (χ1) is 16.7. The van der Waals surface area contributed by atoms with E-state index in [2.05, 4.69) is 5.32 Å². The minimum Gasteiger partial charge on any atom is -0.477 e. The fourth-order valence-electron chi connectivity index (χ4n) is 4.65. The number of pyridine rings is 1. The lowest BCUT2D eigenvalue weighted by Gasteiger charge is -2.24. The van der Waals surface area contributed by atoms with Gasteiger partial charge in [-0.15, -0.1) is 0 Å². The van der Waals surface area contributed by atoms with Crippen LogP contribution in [-0.2, 0) is 4.79 Å². The summed E-state index contributed by atoms with van der Waals surface area (Å²) in [5.74, 6) is -2.04. The maximum atomic E-state index is 15.4. The number of carboxylic acid groups (broad SMARTS) is 1. The predicted octanol–water partition coefficient (Wildman–Crippen LogP) is 4.44. The fraction of sp³-hybridized carbons (Fsp3) is 0.320. The smallest absolute Gasteiger partial charge is 0.341 e. The molecule has 5 rings (SSSR count). The molecule has 10 heteroatoms. The zero-order valence-electron chi connectivity index (χ0n) is 18.9. The van der Waals surface area contributed by atoms with Gasteiger partial charge in [-0.1, -0.05) is 23.7 Å². The summed E-state index contributed by atoms with van der Waals surface area (Å²) in [6.07, 6.45) is 3.66. The van der Waals surface area contributed by atoms with Gasteiger partial charge in [0.2, 0.25) is 5.43 Å². The van der Waals surface area contributed by atoms with Crippen molar-refractivity contribution in [3.63, 3.8) is 0 Å². The van der Waals surface area contributed by atoms with E-state index in [4.69, 9.17) is 16.3 Å². The summed E-state index contributed by atoms with van der Waals surface area (Å²) in [7, 11) is 0. The number of carbonyl (C=O) groups is 2. The van der Waals surface area contributed by atoms with Crippen LogP contribution in [0.25, 0.3) is 10.9 Å². The highest BCUT2D eigenvalue weighted by molar-refractivity contribution is 6.38. The largest absolute Gasteiger partial charge is 0.477 e. The highest BCUT2D eigenvalue weighted by Crippen LogP contribution is 2.43. The van der Waals surface area contributed by atoms with Crippen LogP contribution in [0.15, 0.2) is 41.3 Å². The molecule has 1 aromatic heterocycles. The molecule has 1 atom stereocenters. The Balaban J connectivity index is 1.49. The van der Waals surface area contributed by atoms with Crippen molar-refractivity contribution in [3.05, 3.63) is 63.2 Å². The maximum Gasteiger partial charge on any atom is 0.341 e. The molecule has 1 saturated heterocycles. The molecule has 2 aliphatic rings. The van der Waals surface area contributed by atoms with Crippen LogP contribution in [0.4, 0.5) is 15.8 Å². The summed E-state index contributed by atoms with van der Waals surface area (Å²) in [6, 6.07) is 8.14. The van der Waals surface area contributed by atoms with Crippen molar-refractivity contribution >= 4 is 45.8 Å². The van der Waals surface area contributed by atoms with Gasteiger partial charge in [0, 0.05) is 38.3 Å². The van der Waals surface area contributed by atoms with Crippen LogP contribution in [0.5, 0.6) is 5.75 Å². The molecule has 2 heterocycles. The summed E-state index contributed by atoms with van der Waals surface area (Å²) < 4.78 is 22.3. The minimum atomic E-state index is -1.35. The number of fused-ring (bicyclic) bond motifs is 1. The van der Waals surface area contributed by atoms with Crippen LogP contribution in [0.3, 0.4) is 0 Å². The van der Waals surface area contributed by atoms with E-state index in [0.29, 0.717) is 36.5 Å². The number of ether oxygens (including phenoxy) is 1. The molecule has 182 valence electrons. The van der Waals surface area contributed by atoms with E-state index < -0.39 is 28.7 Å². The lowest BCUT2D eigenvalue weighted by molar-refractivity contribution is -0.131. The highest BCUT2D eigenvalue weighted by atomic mass is 35.5. The van der Waals surface area contributed by atoms with Crippen LogP contribution in [-0.4, -0.2) is 40.7 Å². The number of hydrogen-bond acceptors (Lipinski definition) is 6. The first-order valence-corrected chi connectivity index (χ1v) is 11.7. The van der Waals surface area contributed by atoms with Gasteiger partial charge in [0.25, 0.3) is 0 Å². The van der Waals surface area contributed by atoms with Crippen LogP contribution in [0.1, 0.15) is 42.6 Å². The van der Waals surface area contributed by atoms with Crippen molar-refractivity contribution < 1.29 is 23.8 Å². The van der Waals surface area contributed by atoms with Gasteiger partial charge in [-0.3, -0.25) is 9.59 Å². The van der Waals surface area contributed by atoms with Crippen LogP contribution < -0.4 is 20.4 Å². The lowest BCUT2D eigenvalue weighted by Crippen LogP contribution is -2.27. The van der Waals surface area contributed by atoms with E-state index in [1.807, 2.05) is 11.0 Å². The number of aromatic nitrogens is 1. The molecular weight excluding hydrogens is 477 g/mol. The van der Waals surface area contributed by atoms with Gasteiger partial charge in [0.15, 0.2) is 5.75 Å². The van der Waals surface area contributed by atoms with E-state index in [9.17, 15) is 19.5 Å². The standard InChI is InChI=1S/C25H23ClFN3O5/c1-13(31)35-20-5-3-2-4-19(20)28-14-8-9-29(11-14)23-18(27)10-16-22(21(23)26)30(15-6-7-15)12-17(24(16)32)25(33)34/h2-5,10,12,14-15,28H,6-9,11H2,1H3,(H,33,34). The first-order valence-electron chi connectivity index (χ1n) is 11.3. The first kappa shape index (κ1) is 23.2. The number of para-hydroxylation sites is 2. The van der Waals surface area contributed by atoms with E-state index in [0.717, 1.165) is 18.9 Å². The third-order valence-electron chi connectivity index (χ3n) is 6.36. The Labute approximate surface area is 204 Å². The number of benzene rings is 2. The second-order valence-electron chi connectivity index (χ2n) is 8.90. The molecule has 3 aromatic rings. The monoisotopic (exact) mass is 499 g/mol. The molecule has 1 aliphatic heterocycles. The van der Waals surface area contributed by atoms with Gasteiger partial charge in [0.05, 0.1) is 27.3 Å².